The number of carbonyl (C=O) groups is 3. The molecule has 1 aromatic heterocycles. The van der Waals surface area contributed by atoms with Gasteiger partial charge in [0.15, 0.2) is 5.82 Å². The molecule has 2 aromatic carbocycles. The Kier molecular flexibility index (Phi) is 8.26. The number of nitrogens with zero attached hydrogens (tertiary/aromatic N) is 3. The fourth-order valence-electron chi connectivity index (χ4n) is 4.48. The lowest BCUT2D eigenvalue weighted by atomic mass is 9.97. The van der Waals surface area contributed by atoms with E-state index in [0.29, 0.717) is 11.5 Å². The lowest BCUT2D eigenvalue weighted by Crippen LogP contribution is -2.51. The van der Waals surface area contributed by atoms with Crippen LogP contribution in [0.2, 0.25) is 0 Å². The first-order valence-electron chi connectivity index (χ1n) is 13.0. The number of piperidine rings is 1. The Morgan fingerprint density at radius 1 is 0.974 bits per heavy atom. The van der Waals surface area contributed by atoms with Crippen LogP contribution >= 0.6 is 0 Å². The third-order valence-electron chi connectivity index (χ3n) is 6.85. The second kappa shape index (κ2) is 11.6. The van der Waals surface area contributed by atoms with Crippen LogP contribution in [-0.2, 0) is 14.4 Å². The number of amides is 3. The molecular weight excluding hydrogens is 480 g/mol. The molecule has 3 amide bonds. The normalized spacial score (nSPS) is 15.9. The highest BCUT2D eigenvalue weighted by Crippen LogP contribution is 2.26. The minimum Gasteiger partial charge on any atom is -0.341 e. The molecule has 38 heavy (non-hydrogen) atoms. The number of imidazole rings is 1. The molecule has 200 valence electrons. The first-order valence-corrected chi connectivity index (χ1v) is 13.0. The van der Waals surface area contributed by atoms with Gasteiger partial charge in [0.25, 0.3) is 5.91 Å². The van der Waals surface area contributed by atoms with Crippen molar-refractivity contribution in [2.24, 2.45) is 11.7 Å². The summed E-state index contributed by atoms with van der Waals surface area (Å²) in [4.78, 5) is 45.9. The topological polar surface area (TPSA) is 122 Å². The number of likely N-dealkylation sites (tertiary alicyclic amines) is 1. The van der Waals surface area contributed by atoms with E-state index in [2.05, 4.69) is 22.5 Å². The minimum absolute atomic E-state index is 0.00187. The van der Waals surface area contributed by atoms with Crippen molar-refractivity contribution >= 4 is 23.5 Å². The molecule has 0 spiro atoms. The summed E-state index contributed by atoms with van der Waals surface area (Å²) in [5, 5.41) is 5.54. The van der Waals surface area contributed by atoms with Crippen molar-refractivity contribution in [1.82, 2.24) is 19.8 Å². The number of hydrogen-bond acceptors (Lipinski definition) is 5. The molecule has 1 unspecified atom stereocenters. The summed E-state index contributed by atoms with van der Waals surface area (Å²) < 4.78 is 1.73. The zero-order valence-electron chi connectivity index (χ0n) is 22.1. The zero-order valence-corrected chi connectivity index (χ0v) is 22.1. The van der Waals surface area contributed by atoms with Crippen LogP contribution in [0.3, 0.4) is 0 Å². The van der Waals surface area contributed by atoms with Crippen LogP contribution < -0.4 is 16.4 Å². The van der Waals surface area contributed by atoms with Crippen LogP contribution in [0.15, 0.2) is 73.2 Å². The summed E-state index contributed by atoms with van der Waals surface area (Å²) in [5.41, 5.74) is 6.24. The van der Waals surface area contributed by atoms with Gasteiger partial charge in [0.2, 0.25) is 11.8 Å². The molecular formula is C29H36N6O3. The summed E-state index contributed by atoms with van der Waals surface area (Å²) in [6, 6.07) is 16.9. The van der Waals surface area contributed by atoms with Gasteiger partial charge >= 0.3 is 0 Å². The average molecular weight is 517 g/mol. The van der Waals surface area contributed by atoms with E-state index in [4.69, 9.17) is 5.73 Å². The number of anilines is 1. The molecule has 2 atom stereocenters. The predicted molar refractivity (Wildman–Crippen MR) is 146 cm³/mol. The number of aromatic nitrogens is 2. The average Bonchev–Trinajstić information content (AvgIpc) is 3.35. The highest BCUT2D eigenvalue weighted by molar-refractivity contribution is 5.98. The van der Waals surface area contributed by atoms with E-state index < -0.39 is 29.4 Å². The molecule has 9 heteroatoms. The lowest BCUT2D eigenvalue weighted by Gasteiger charge is -2.33. The molecule has 1 saturated heterocycles. The van der Waals surface area contributed by atoms with Crippen molar-refractivity contribution in [1.29, 1.82) is 0 Å². The van der Waals surface area contributed by atoms with Crippen LogP contribution in [0.25, 0.3) is 0 Å². The van der Waals surface area contributed by atoms with Gasteiger partial charge in [-0.15, -0.1) is 0 Å². The Morgan fingerprint density at radius 3 is 2.13 bits per heavy atom. The first-order chi connectivity index (χ1) is 18.1. The maximum Gasteiger partial charge on any atom is 0.252 e. The Labute approximate surface area is 223 Å². The van der Waals surface area contributed by atoms with E-state index >= 15 is 0 Å². The second-order valence-corrected chi connectivity index (χ2v) is 10.6. The smallest absolute Gasteiger partial charge is 0.252 e. The molecule has 0 bridgehead atoms. The summed E-state index contributed by atoms with van der Waals surface area (Å²) >= 11 is 0. The summed E-state index contributed by atoms with van der Waals surface area (Å²) in [6.07, 6.45) is 5.16. The quantitative estimate of drug-likeness (QED) is 0.424. The van der Waals surface area contributed by atoms with Gasteiger partial charge in [-0.25, -0.2) is 4.98 Å². The number of nitrogens with one attached hydrogen (secondary N) is 2. The fraction of sp³-hybridized carbons (Fsp3) is 0.379. The van der Waals surface area contributed by atoms with Crippen LogP contribution in [0, 0.1) is 5.92 Å². The molecule has 1 aliphatic rings. The summed E-state index contributed by atoms with van der Waals surface area (Å²) in [5.74, 6) is -0.0485. The highest BCUT2D eigenvalue weighted by Gasteiger charge is 2.31. The summed E-state index contributed by atoms with van der Waals surface area (Å²) in [7, 11) is 0. The predicted octanol–water partition coefficient (Wildman–Crippen LogP) is 3.26. The lowest BCUT2D eigenvalue weighted by molar-refractivity contribution is -0.135. The molecule has 4 N–H and O–H groups in total. The molecule has 9 nitrogen and oxygen atoms in total. The van der Waals surface area contributed by atoms with E-state index in [1.54, 1.807) is 55.2 Å². The third-order valence-corrected chi connectivity index (χ3v) is 6.85. The largest absolute Gasteiger partial charge is 0.341 e. The van der Waals surface area contributed by atoms with Gasteiger partial charge in [0.1, 0.15) is 12.1 Å². The maximum atomic E-state index is 13.7. The molecule has 4 rings (SSSR count). The van der Waals surface area contributed by atoms with Gasteiger partial charge in [-0.2, -0.15) is 0 Å². The third kappa shape index (κ3) is 6.47. The monoisotopic (exact) mass is 516 g/mol. The highest BCUT2D eigenvalue weighted by atomic mass is 16.2. The van der Waals surface area contributed by atoms with E-state index in [1.165, 1.54) is 0 Å². The minimum atomic E-state index is -1.16. The molecule has 2 heterocycles. The Morgan fingerprint density at radius 2 is 1.55 bits per heavy atom. The van der Waals surface area contributed by atoms with Crippen molar-refractivity contribution in [3.8, 4) is 0 Å². The maximum absolute atomic E-state index is 13.7. The van der Waals surface area contributed by atoms with Crippen LogP contribution in [0.4, 0.5) is 5.82 Å². The Hall–Kier alpha value is -3.98. The molecule has 1 aliphatic heterocycles. The van der Waals surface area contributed by atoms with E-state index in [-0.39, 0.29) is 11.7 Å². The number of rotatable bonds is 8. The van der Waals surface area contributed by atoms with Crippen molar-refractivity contribution < 1.29 is 14.4 Å². The SMILES string of the molecule is CC1CCN(C(=O)[C@@H](c2ccccc2)n2cnc(NC(=O)C(NC(=O)C(C)(C)N)c3ccccc3)c2)CC1. The van der Waals surface area contributed by atoms with Crippen molar-refractivity contribution in [2.45, 2.75) is 51.2 Å². The number of benzene rings is 2. The van der Waals surface area contributed by atoms with Gasteiger partial charge < -0.3 is 25.8 Å². The molecule has 0 radical (unpaired) electrons. The van der Waals surface area contributed by atoms with Crippen molar-refractivity contribution in [3.05, 3.63) is 84.3 Å². The van der Waals surface area contributed by atoms with E-state index in [1.807, 2.05) is 41.3 Å². The van der Waals surface area contributed by atoms with Crippen LogP contribution in [-0.4, -0.2) is 50.8 Å². The van der Waals surface area contributed by atoms with Gasteiger partial charge in [-0.1, -0.05) is 67.6 Å². The molecule has 0 saturated carbocycles. The second-order valence-electron chi connectivity index (χ2n) is 10.6. The number of carbonyl (C=O) groups excluding carboxylic acids is 3. The Bertz CT molecular complexity index is 1240. The van der Waals surface area contributed by atoms with E-state index in [0.717, 1.165) is 31.5 Å². The first kappa shape index (κ1) is 27.1. The zero-order chi connectivity index (χ0) is 27.3. The number of hydrogen-bond donors (Lipinski definition) is 3. The molecule has 1 fully saturated rings. The van der Waals surface area contributed by atoms with Crippen molar-refractivity contribution in [2.75, 3.05) is 18.4 Å². The summed E-state index contributed by atoms with van der Waals surface area (Å²) in [6.45, 7) is 6.80. The van der Waals surface area contributed by atoms with Gasteiger partial charge in [-0.3, -0.25) is 14.4 Å². The molecule has 3 aromatic rings. The Balaban J connectivity index is 1.57. The van der Waals surface area contributed by atoms with Gasteiger partial charge in [0, 0.05) is 19.3 Å². The standard InChI is InChI=1S/C29H36N6O3/c1-20-14-16-34(17-15-20)27(37)25(22-12-8-5-9-13-22)35-18-23(31-19-35)32-26(36)24(21-10-6-4-7-11-21)33-28(38)29(2,3)30/h4-13,18-20,24-25H,14-17,30H2,1-3H3,(H,32,36)(H,33,38)/t24?,25-/m1/s1. The fourth-order valence-corrected chi connectivity index (χ4v) is 4.48. The van der Waals surface area contributed by atoms with Gasteiger partial charge in [-0.05, 0) is 43.7 Å². The molecule has 0 aliphatic carbocycles. The van der Waals surface area contributed by atoms with Crippen LogP contribution in [0.5, 0.6) is 0 Å². The van der Waals surface area contributed by atoms with Crippen LogP contribution in [0.1, 0.15) is 56.8 Å². The van der Waals surface area contributed by atoms with Gasteiger partial charge in [0.05, 0.1) is 11.9 Å². The van der Waals surface area contributed by atoms with E-state index in [9.17, 15) is 14.4 Å². The number of nitrogens with two attached hydrogens (primary N) is 1. The van der Waals surface area contributed by atoms with Crippen molar-refractivity contribution in [3.63, 3.8) is 0 Å².